The number of amides is 1. The number of hydrogen-bond donors (Lipinski definition) is 2. The van der Waals surface area contributed by atoms with Crippen LogP contribution in [-0.4, -0.2) is 32.7 Å². The molecule has 0 aliphatic heterocycles. The summed E-state index contributed by atoms with van der Waals surface area (Å²) in [4.78, 5) is 11.1. The molecule has 0 heterocycles. The first-order chi connectivity index (χ1) is 9.56. The van der Waals surface area contributed by atoms with E-state index in [2.05, 4.69) is 5.32 Å². The molecule has 20 heavy (non-hydrogen) atoms. The lowest BCUT2D eigenvalue weighted by Crippen LogP contribution is -2.18. The van der Waals surface area contributed by atoms with Crippen molar-refractivity contribution in [2.24, 2.45) is 5.73 Å². The number of carbonyl (C=O) groups is 1. The predicted octanol–water partition coefficient (Wildman–Crippen LogP) is 1.49. The topological polar surface area (TPSA) is 73.6 Å². The van der Waals surface area contributed by atoms with Gasteiger partial charge in [0.25, 0.3) is 0 Å². The van der Waals surface area contributed by atoms with E-state index in [1.54, 1.807) is 14.2 Å². The van der Waals surface area contributed by atoms with E-state index in [9.17, 15) is 4.79 Å². The summed E-state index contributed by atoms with van der Waals surface area (Å²) in [5, 5.41) is 2.58. The fourth-order valence-corrected chi connectivity index (χ4v) is 1.87. The van der Waals surface area contributed by atoms with Crippen LogP contribution >= 0.6 is 0 Å². The highest BCUT2D eigenvalue weighted by Crippen LogP contribution is 2.28. The molecule has 0 aromatic heterocycles. The van der Waals surface area contributed by atoms with Gasteiger partial charge in [0.15, 0.2) is 11.5 Å². The van der Waals surface area contributed by atoms with Crippen LogP contribution in [0.4, 0.5) is 0 Å². The van der Waals surface area contributed by atoms with Crippen molar-refractivity contribution in [2.45, 2.75) is 32.2 Å². The van der Waals surface area contributed by atoms with Gasteiger partial charge in [-0.1, -0.05) is 6.07 Å². The second-order valence-electron chi connectivity index (χ2n) is 4.79. The Hall–Kier alpha value is -1.75. The average molecular weight is 280 g/mol. The maximum absolute atomic E-state index is 11.1. The molecule has 1 aromatic carbocycles. The monoisotopic (exact) mass is 280 g/mol. The Morgan fingerprint density at radius 3 is 2.75 bits per heavy atom. The Kier molecular flexibility index (Phi) is 6.87. The highest BCUT2D eigenvalue weighted by molar-refractivity contribution is 5.75. The zero-order chi connectivity index (χ0) is 15.0. The van der Waals surface area contributed by atoms with Crippen molar-refractivity contribution in [1.29, 1.82) is 0 Å². The van der Waals surface area contributed by atoms with Gasteiger partial charge in [-0.2, -0.15) is 0 Å². The van der Waals surface area contributed by atoms with Gasteiger partial charge in [0.2, 0.25) is 5.91 Å². The molecule has 1 aromatic rings. The maximum Gasteiger partial charge on any atom is 0.219 e. The number of rotatable bonds is 8. The van der Waals surface area contributed by atoms with Crippen molar-refractivity contribution >= 4 is 5.91 Å². The summed E-state index contributed by atoms with van der Waals surface area (Å²) < 4.78 is 11.0. The number of ether oxygens (including phenoxy) is 2. The molecule has 0 fully saturated rings. The van der Waals surface area contributed by atoms with E-state index in [0.29, 0.717) is 30.9 Å². The minimum Gasteiger partial charge on any atom is -0.493 e. The largest absolute Gasteiger partial charge is 0.493 e. The molecule has 3 N–H and O–H groups in total. The van der Waals surface area contributed by atoms with E-state index in [-0.39, 0.29) is 11.9 Å². The first kappa shape index (κ1) is 16.3. The van der Waals surface area contributed by atoms with Gasteiger partial charge in [-0.15, -0.1) is 0 Å². The third kappa shape index (κ3) is 5.48. The summed E-state index contributed by atoms with van der Waals surface area (Å²) >= 11 is 0. The van der Waals surface area contributed by atoms with Crippen LogP contribution in [0, 0.1) is 0 Å². The van der Waals surface area contributed by atoms with Crippen molar-refractivity contribution in [1.82, 2.24) is 5.32 Å². The highest BCUT2D eigenvalue weighted by Gasteiger charge is 2.07. The van der Waals surface area contributed by atoms with Gasteiger partial charge in [0.05, 0.1) is 13.7 Å². The molecule has 0 bridgehead atoms. The molecule has 0 aliphatic carbocycles. The normalized spacial score (nSPS) is 11.8. The number of hydrogen-bond acceptors (Lipinski definition) is 4. The van der Waals surface area contributed by atoms with Crippen molar-refractivity contribution < 1.29 is 14.3 Å². The Labute approximate surface area is 120 Å². The fraction of sp³-hybridized carbons (Fsp3) is 0.533. The van der Waals surface area contributed by atoms with Crippen molar-refractivity contribution in [3.8, 4) is 11.5 Å². The van der Waals surface area contributed by atoms with Crippen LogP contribution in [0.1, 0.15) is 25.3 Å². The lowest BCUT2D eigenvalue weighted by molar-refractivity contribution is -0.120. The summed E-state index contributed by atoms with van der Waals surface area (Å²) in [6, 6.07) is 5.92. The first-order valence-corrected chi connectivity index (χ1v) is 6.82. The molecule has 0 saturated heterocycles. The summed E-state index contributed by atoms with van der Waals surface area (Å²) in [6.07, 6.45) is 1.93. The molecule has 0 saturated carbocycles. The van der Waals surface area contributed by atoms with E-state index < -0.39 is 0 Å². The number of benzene rings is 1. The van der Waals surface area contributed by atoms with Gasteiger partial charge >= 0.3 is 0 Å². The van der Waals surface area contributed by atoms with E-state index in [4.69, 9.17) is 15.2 Å². The van der Waals surface area contributed by atoms with Gasteiger partial charge < -0.3 is 20.5 Å². The standard InChI is InChI=1S/C15H24N2O3/c1-11(16)9-12-6-7-13(14(10-12)19-3)20-8-4-5-15(18)17-2/h6-7,10-11H,4-5,8-9,16H2,1-3H3,(H,17,18). The Morgan fingerprint density at radius 1 is 1.40 bits per heavy atom. The van der Waals surface area contributed by atoms with Crippen LogP contribution in [0.15, 0.2) is 18.2 Å². The molecule has 5 nitrogen and oxygen atoms in total. The van der Waals surface area contributed by atoms with Crippen molar-refractivity contribution in [3.05, 3.63) is 23.8 Å². The highest BCUT2D eigenvalue weighted by atomic mass is 16.5. The van der Waals surface area contributed by atoms with Gasteiger partial charge in [-0.3, -0.25) is 4.79 Å². The minimum atomic E-state index is 0.0212. The quantitative estimate of drug-likeness (QED) is 0.708. The molecule has 0 spiro atoms. The molecule has 1 atom stereocenters. The predicted molar refractivity (Wildman–Crippen MR) is 79.1 cm³/mol. The summed E-state index contributed by atoms with van der Waals surface area (Å²) in [7, 11) is 3.24. The van der Waals surface area contributed by atoms with Crippen LogP contribution in [-0.2, 0) is 11.2 Å². The molecule has 1 unspecified atom stereocenters. The van der Waals surface area contributed by atoms with Crippen LogP contribution in [0.25, 0.3) is 0 Å². The maximum atomic E-state index is 11.1. The summed E-state index contributed by atoms with van der Waals surface area (Å²) in [6.45, 7) is 2.45. The molecule has 0 radical (unpaired) electrons. The van der Waals surface area contributed by atoms with Gasteiger partial charge in [-0.25, -0.2) is 0 Å². The molecule has 1 amide bonds. The molecular formula is C15H24N2O3. The lowest BCUT2D eigenvalue weighted by atomic mass is 10.1. The molecule has 112 valence electrons. The van der Waals surface area contributed by atoms with Crippen LogP contribution in [0.5, 0.6) is 11.5 Å². The lowest BCUT2D eigenvalue weighted by Gasteiger charge is -2.13. The third-order valence-corrected chi connectivity index (χ3v) is 2.87. The second-order valence-corrected chi connectivity index (χ2v) is 4.79. The van der Waals surface area contributed by atoms with Crippen molar-refractivity contribution in [3.63, 3.8) is 0 Å². The molecule has 5 heteroatoms. The number of nitrogens with one attached hydrogen (secondary N) is 1. The molecule has 0 aliphatic rings. The van der Waals surface area contributed by atoms with E-state index >= 15 is 0 Å². The third-order valence-electron chi connectivity index (χ3n) is 2.87. The van der Waals surface area contributed by atoms with Crippen LogP contribution in [0.3, 0.4) is 0 Å². The zero-order valence-corrected chi connectivity index (χ0v) is 12.4. The average Bonchev–Trinajstić information content (AvgIpc) is 2.43. The van der Waals surface area contributed by atoms with E-state index in [1.807, 2.05) is 25.1 Å². The van der Waals surface area contributed by atoms with E-state index in [0.717, 1.165) is 12.0 Å². The van der Waals surface area contributed by atoms with E-state index in [1.165, 1.54) is 0 Å². The Bertz CT molecular complexity index is 433. The van der Waals surface area contributed by atoms with Crippen LogP contribution < -0.4 is 20.5 Å². The molecular weight excluding hydrogens is 256 g/mol. The Morgan fingerprint density at radius 2 is 2.15 bits per heavy atom. The number of nitrogens with two attached hydrogens (primary N) is 1. The smallest absolute Gasteiger partial charge is 0.219 e. The second kappa shape index (κ2) is 8.43. The fourth-order valence-electron chi connectivity index (χ4n) is 1.87. The number of carbonyl (C=O) groups excluding carboxylic acids is 1. The van der Waals surface area contributed by atoms with Gasteiger partial charge in [0, 0.05) is 19.5 Å². The number of methoxy groups -OCH3 is 1. The van der Waals surface area contributed by atoms with Crippen molar-refractivity contribution in [2.75, 3.05) is 20.8 Å². The summed E-state index contributed by atoms with van der Waals surface area (Å²) in [5.74, 6) is 1.41. The first-order valence-electron chi connectivity index (χ1n) is 6.82. The van der Waals surface area contributed by atoms with Gasteiger partial charge in [-0.05, 0) is 37.5 Å². The van der Waals surface area contributed by atoms with Crippen LogP contribution in [0.2, 0.25) is 0 Å². The Balaban J connectivity index is 2.54. The zero-order valence-electron chi connectivity index (χ0n) is 12.4. The van der Waals surface area contributed by atoms with Gasteiger partial charge in [0.1, 0.15) is 0 Å². The SMILES string of the molecule is CNC(=O)CCCOc1ccc(CC(C)N)cc1OC. The minimum absolute atomic E-state index is 0.0212. The molecule has 1 rings (SSSR count). The summed E-state index contributed by atoms with van der Waals surface area (Å²) in [5.41, 5.74) is 6.90.